The Kier molecular flexibility index (Phi) is 5.90. The number of aliphatic hydroxyl groups is 1. The smallest absolute Gasteiger partial charge is 0.243 e. The van der Waals surface area contributed by atoms with Gasteiger partial charge in [-0.15, -0.1) is 0 Å². The number of sulfonamides is 1. The first-order valence-corrected chi connectivity index (χ1v) is 7.80. The van der Waals surface area contributed by atoms with Gasteiger partial charge in [-0.3, -0.25) is 0 Å². The van der Waals surface area contributed by atoms with Gasteiger partial charge in [-0.25, -0.2) is 12.8 Å². The third-order valence-corrected chi connectivity index (χ3v) is 4.67. The van der Waals surface area contributed by atoms with Crippen LogP contribution < -0.4 is 0 Å². The molecule has 0 saturated carbocycles. The molecule has 1 aromatic carbocycles. The number of halogens is 1. The Labute approximate surface area is 113 Å². The Morgan fingerprint density at radius 1 is 1.21 bits per heavy atom. The maximum Gasteiger partial charge on any atom is 0.243 e. The molecule has 0 amide bonds. The van der Waals surface area contributed by atoms with Gasteiger partial charge in [0, 0.05) is 18.7 Å². The van der Waals surface area contributed by atoms with E-state index in [1.54, 1.807) is 0 Å². The van der Waals surface area contributed by atoms with Gasteiger partial charge in [0.2, 0.25) is 10.0 Å². The predicted octanol–water partition coefficient (Wildman–Crippen LogP) is 2.13. The largest absolute Gasteiger partial charge is 0.392 e. The molecule has 19 heavy (non-hydrogen) atoms. The van der Waals surface area contributed by atoms with Crippen molar-refractivity contribution in [3.05, 3.63) is 29.6 Å². The van der Waals surface area contributed by atoms with Crippen LogP contribution in [0.5, 0.6) is 0 Å². The second-order valence-electron chi connectivity index (χ2n) is 4.32. The summed E-state index contributed by atoms with van der Waals surface area (Å²) in [6.45, 7) is 4.16. The van der Waals surface area contributed by atoms with E-state index < -0.39 is 22.4 Å². The van der Waals surface area contributed by atoms with E-state index in [-0.39, 0.29) is 10.5 Å². The van der Waals surface area contributed by atoms with Gasteiger partial charge in [0.05, 0.1) is 11.5 Å². The highest BCUT2D eigenvalue weighted by Gasteiger charge is 2.23. The summed E-state index contributed by atoms with van der Waals surface area (Å²) in [4.78, 5) is 0.0276. The highest BCUT2D eigenvalue weighted by Crippen LogP contribution is 2.20. The van der Waals surface area contributed by atoms with E-state index in [2.05, 4.69) is 0 Å². The van der Waals surface area contributed by atoms with Gasteiger partial charge < -0.3 is 5.11 Å². The predicted molar refractivity (Wildman–Crippen MR) is 71.7 cm³/mol. The number of rotatable bonds is 7. The molecule has 1 aromatic rings. The first-order chi connectivity index (χ1) is 8.97. The number of hydrogen-bond acceptors (Lipinski definition) is 3. The lowest BCUT2D eigenvalue weighted by Crippen LogP contribution is -2.32. The van der Waals surface area contributed by atoms with Crippen LogP contribution in [0, 0.1) is 5.82 Å². The van der Waals surface area contributed by atoms with Crippen LogP contribution in [0.25, 0.3) is 0 Å². The second-order valence-corrected chi connectivity index (χ2v) is 6.25. The van der Waals surface area contributed by atoms with Gasteiger partial charge in [-0.2, -0.15) is 4.31 Å². The maximum atomic E-state index is 13.3. The third kappa shape index (κ3) is 3.75. The van der Waals surface area contributed by atoms with Crippen molar-refractivity contribution in [2.45, 2.75) is 38.2 Å². The Hall–Kier alpha value is -0.980. The van der Waals surface area contributed by atoms with Crippen molar-refractivity contribution in [1.82, 2.24) is 4.31 Å². The summed E-state index contributed by atoms with van der Waals surface area (Å²) in [6, 6.07) is 3.51. The summed E-state index contributed by atoms with van der Waals surface area (Å²) in [7, 11) is -3.62. The van der Waals surface area contributed by atoms with Crippen LogP contribution in [-0.2, 0) is 16.6 Å². The van der Waals surface area contributed by atoms with Crippen LogP contribution in [0.1, 0.15) is 32.3 Å². The van der Waals surface area contributed by atoms with Crippen LogP contribution >= 0.6 is 0 Å². The molecule has 108 valence electrons. The Morgan fingerprint density at radius 2 is 1.79 bits per heavy atom. The molecule has 6 heteroatoms. The Bertz CT molecular complexity index is 511. The molecule has 1 N–H and O–H groups in total. The van der Waals surface area contributed by atoms with Crippen molar-refractivity contribution >= 4 is 10.0 Å². The van der Waals surface area contributed by atoms with E-state index in [0.29, 0.717) is 25.9 Å². The summed E-state index contributed by atoms with van der Waals surface area (Å²) >= 11 is 0. The van der Waals surface area contributed by atoms with Gasteiger partial charge in [-0.05, 0) is 31.0 Å². The molecule has 0 aliphatic heterocycles. The minimum Gasteiger partial charge on any atom is -0.392 e. The van der Waals surface area contributed by atoms with Crippen LogP contribution in [0.4, 0.5) is 4.39 Å². The molecule has 0 radical (unpaired) electrons. The van der Waals surface area contributed by atoms with Gasteiger partial charge in [0.15, 0.2) is 0 Å². The van der Waals surface area contributed by atoms with Crippen molar-refractivity contribution in [1.29, 1.82) is 0 Å². The molecule has 0 aliphatic rings. The fraction of sp³-hybridized carbons (Fsp3) is 0.538. The highest BCUT2D eigenvalue weighted by atomic mass is 32.2. The van der Waals surface area contributed by atoms with Crippen LogP contribution in [0.15, 0.2) is 23.1 Å². The van der Waals surface area contributed by atoms with E-state index in [1.165, 1.54) is 16.4 Å². The zero-order valence-corrected chi connectivity index (χ0v) is 12.1. The van der Waals surface area contributed by atoms with Crippen molar-refractivity contribution in [2.24, 2.45) is 0 Å². The van der Waals surface area contributed by atoms with Gasteiger partial charge >= 0.3 is 0 Å². The molecule has 0 bridgehead atoms. The number of benzene rings is 1. The molecular weight excluding hydrogens is 269 g/mol. The van der Waals surface area contributed by atoms with E-state index in [1.807, 2.05) is 13.8 Å². The first-order valence-electron chi connectivity index (χ1n) is 6.36. The molecule has 0 saturated heterocycles. The molecule has 0 unspecified atom stereocenters. The second kappa shape index (κ2) is 6.98. The van der Waals surface area contributed by atoms with Gasteiger partial charge in [-0.1, -0.05) is 13.8 Å². The van der Waals surface area contributed by atoms with E-state index in [9.17, 15) is 12.8 Å². The fourth-order valence-corrected chi connectivity index (χ4v) is 3.51. The van der Waals surface area contributed by atoms with E-state index in [0.717, 1.165) is 6.07 Å². The molecule has 0 atom stereocenters. The minimum atomic E-state index is -3.62. The van der Waals surface area contributed by atoms with Crippen molar-refractivity contribution in [3.63, 3.8) is 0 Å². The molecule has 0 aromatic heterocycles. The number of nitrogens with zero attached hydrogens (tertiary/aromatic N) is 1. The van der Waals surface area contributed by atoms with Crippen LogP contribution in [0.2, 0.25) is 0 Å². The standard InChI is InChI=1S/C13H20FNO3S/c1-3-7-15(8-4-2)19(17,18)12-5-6-13(14)11(9-12)10-16/h5-6,9,16H,3-4,7-8,10H2,1-2H3. The van der Waals surface area contributed by atoms with Crippen LogP contribution in [0.3, 0.4) is 0 Å². The van der Waals surface area contributed by atoms with E-state index >= 15 is 0 Å². The molecule has 0 aliphatic carbocycles. The quantitative estimate of drug-likeness (QED) is 0.836. The lowest BCUT2D eigenvalue weighted by atomic mass is 10.2. The SMILES string of the molecule is CCCN(CCC)S(=O)(=O)c1ccc(F)c(CO)c1. The average molecular weight is 289 g/mol. The molecule has 1 rings (SSSR count). The fourth-order valence-electron chi connectivity index (χ4n) is 1.83. The maximum absolute atomic E-state index is 13.3. The summed E-state index contributed by atoms with van der Waals surface area (Å²) in [5, 5.41) is 9.01. The molecular formula is C13H20FNO3S. The van der Waals surface area contributed by atoms with Crippen molar-refractivity contribution in [2.75, 3.05) is 13.1 Å². The summed E-state index contributed by atoms with van der Waals surface area (Å²) < 4.78 is 39.5. The molecule has 0 heterocycles. The van der Waals surface area contributed by atoms with Gasteiger partial charge in [0.25, 0.3) is 0 Å². The zero-order chi connectivity index (χ0) is 14.5. The van der Waals surface area contributed by atoms with E-state index in [4.69, 9.17) is 5.11 Å². The first kappa shape index (κ1) is 16.1. The monoisotopic (exact) mass is 289 g/mol. The summed E-state index contributed by atoms with van der Waals surface area (Å²) in [6.07, 6.45) is 1.43. The molecule has 0 fully saturated rings. The highest BCUT2D eigenvalue weighted by molar-refractivity contribution is 7.89. The summed E-state index contributed by atoms with van der Waals surface area (Å²) in [5.41, 5.74) is -0.00554. The average Bonchev–Trinajstić information content (AvgIpc) is 2.38. The minimum absolute atomic E-state index is 0.00554. The number of aliphatic hydroxyl groups excluding tert-OH is 1. The number of hydrogen-bond donors (Lipinski definition) is 1. The summed E-state index contributed by atoms with van der Waals surface area (Å²) in [5.74, 6) is -0.598. The van der Waals surface area contributed by atoms with Crippen LogP contribution in [-0.4, -0.2) is 30.9 Å². The third-order valence-electron chi connectivity index (χ3n) is 2.77. The lowest BCUT2D eigenvalue weighted by Gasteiger charge is -2.21. The zero-order valence-electron chi connectivity index (χ0n) is 11.3. The molecule has 4 nitrogen and oxygen atoms in total. The van der Waals surface area contributed by atoms with Gasteiger partial charge in [0.1, 0.15) is 5.82 Å². The molecule has 0 spiro atoms. The Morgan fingerprint density at radius 3 is 2.26 bits per heavy atom. The topological polar surface area (TPSA) is 57.6 Å². The van der Waals surface area contributed by atoms with Crippen molar-refractivity contribution < 1.29 is 17.9 Å². The normalized spacial score (nSPS) is 12.1. The Balaban J connectivity index is 3.17. The lowest BCUT2D eigenvalue weighted by molar-refractivity contribution is 0.275. The van der Waals surface area contributed by atoms with Crippen molar-refractivity contribution in [3.8, 4) is 0 Å².